The third-order valence-corrected chi connectivity index (χ3v) is 3.61. The number of ether oxygens (including phenoxy) is 1. The van der Waals surface area contributed by atoms with Gasteiger partial charge in [0.1, 0.15) is 5.75 Å². The highest BCUT2D eigenvalue weighted by molar-refractivity contribution is 5.33. The molecule has 1 saturated carbocycles. The van der Waals surface area contributed by atoms with E-state index in [0.717, 1.165) is 24.1 Å². The molecule has 1 aromatic rings. The highest BCUT2D eigenvalue weighted by atomic mass is 16.5. The normalized spacial score (nSPS) is 25.1. The lowest BCUT2D eigenvalue weighted by Gasteiger charge is -2.35. The molecule has 2 heteroatoms. The molecule has 1 atom stereocenters. The summed E-state index contributed by atoms with van der Waals surface area (Å²) in [5.74, 6) is 1.91. The third-order valence-electron chi connectivity index (χ3n) is 3.61. The summed E-state index contributed by atoms with van der Waals surface area (Å²) in [6.07, 6.45) is 3.70. The largest absolute Gasteiger partial charge is 0.496 e. The molecule has 0 aliphatic heterocycles. The summed E-state index contributed by atoms with van der Waals surface area (Å²) in [5.41, 5.74) is 1.29. The summed E-state index contributed by atoms with van der Waals surface area (Å²) >= 11 is 0. The van der Waals surface area contributed by atoms with Gasteiger partial charge in [0.2, 0.25) is 0 Å². The van der Waals surface area contributed by atoms with Crippen LogP contribution in [0.4, 0.5) is 0 Å². The summed E-state index contributed by atoms with van der Waals surface area (Å²) in [7, 11) is 1.74. The Labute approximate surface area is 104 Å². The topological polar surface area (TPSA) is 21.3 Å². The molecule has 0 spiro atoms. The molecule has 1 aliphatic carbocycles. The second-order valence-corrected chi connectivity index (χ2v) is 5.36. The molecule has 1 fully saturated rings. The van der Waals surface area contributed by atoms with Crippen LogP contribution in [0.15, 0.2) is 24.3 Å². The third kappa shape index (κ3) is 3.22. The van der Waals surface area contributed by atoms with Crippen molar-refractivity contribution in [2.24, 2.45) is 5.92 Å². The van der Waals surface area contributed by atoms with Gasteiger partial charge in [-0.3, -0.25) is 0 Å². The average Bonchev–Trinajstić information content (AvgIpc) is 2.27. The zero-order chi connectivity index (χ0) is 12.3. The minimum Gasteiger partial charge on any atom is -0.496 e. The fourth-order valence-electron chi connectivity index (χ4n) is 2.70. The Bertz CT molecular complexity index is 358. The van der Waals surface area contributed by atoms with E-state index in [0.29, 0.717) is 6.04 Å². The Morgan fingerprint density at radius 1 is 1.35 bits per heavy atom. The average molecular weight is 233 g/mol. The van der Waals surface area contributed by atoms with Gasteiger partial charge in [-0.1, -0.05) is 25.1 Å². The Hall–Kier alpha value is -1.02. The quantitative estimate of drug-likeness (QED) is 0.844. The van der Waals surface area contributed by atoms with Crippen LogP contribution < -0.4 is 10.1 Å². The molecule has 1 unspecified atom stereocenters. The predicted molar refractivity (Wildman–Crippen MR) is 71.5 cm³/mol. The number of hydrogen-bond donors (Lipinski definition) is 1. The molecule has 17 heavy (non-hydrogen) atoms. The van der Waals surface area contributed by atoms with E-state index < -0.39 is 0 Å². The zero-order valence-electron chi connectivity index (χ0n) is 11.1. The SMILES string of the molecule is COc1ccccc1CC(C)NC1CC(C)C1. The Balaban J connectivity index is 1.86. The van der Waals surface area contributed by atoms with Gasteiger partial charge >= 0.3 is 0 Å². The number of benzene rings is 1. The first kappa shape index (κ1) is 12.4. The fraction of sp³-hybridized carbons (Fsp3) is 0.600. The van der Waals surface area contributed by atoms with Crippen molar-refractivity contribution < 1.29 is 4.74 Å². The lowest BCUT2D eigenvalue weighted by Crippen LogP contribution is -2.45. The highest BCUT2D eigenvalue weighted by Gasteiger charge is 2.26. The van der Waals surface area contributed by atoms with Crippen molar-refractivity contribution >= 4 is 0 Å². The van der Waals surface area contributed by atoms with Gasteiger partial charge in [0.05, 0.1) is 7.11 Å². The first-order valence-corrected chi connectivity index (χ1v) is 6.57. The molecule has 0 aromatic heterocycles. The maximum absolute atomic E-state index is 5.38. The number of nitrogens with one attached hydrogen (secondary N) is 1. The monoisotopic (exact) mass is 233 g/mol. The molecule has 0 amide bonds. The number of para-hydroxylation sites is 1. The van der Waals surface area contributed by atoms with Crippen LogP contribution in [0.1, 0.15) is 32.3 Å². The Morgan fingerprint density at radius 2 is 2.06 bits per heavy atom. The predicted octanol–water partition coefficient (Wildman–Crippen LogP) is 3.01. The van der Waals surface area contributed by atoms with Crippen molar-refractivity contribution in [1.29, 1.82) is 0 Å². The smallest absolute Gasteiger partial charge is 0.122 e. The first-order chi connectivity index (χ1) is 8.19. The van der Waals surface area contributed by atoms with Gasteiger partial charge in [-0.15, -0.1) is 0 Å². The number of hydrogen-bond acceptors (Lipinski definition) is 2. The molecule has 1 N–H and O–H groups in total. The van der Waals surface area contributed by atoms with Gasteiger partial charge in [-0.2, -0.15) is 0 Å². The Kier molecular flexibility index (Phi) is 4.06. The van der Waals surface area contributed by atoms with Crippen molar-refractivity contribution in [2.45, 2.75) is 45.2 Å². The molecule has 1 aromatic carbocycles. The first-order valence-electron chi connectivity index (χ1n) is 6.57. The highest BCUT2D eigenvalue weighted by Crippen LogP contribution is 2.27. The summed E-state index contributed by atoms with van der Waals surface area (Å²) in [6.45, 7) is 4.58. The summed E-state index contributed by atoms with van der Waals surface area (Å²) in [5, 5.41) is 3.69. The Morgan fingerprint density at radius 3 is 2.71 bits per heavy atom. The summed E-state index contributed by atoms with van der Waals surface area (Å²) in [4.78, 5) is 0. The molecule has 0 radical (unpaired) electrons. The zero-order valence-corrected chi connectivity index (χ0v) is 11.1. The summed E-state index contributed by atoms with van der Waals surface area (Å²) < 4.78 is 5.38. The van der Waals surface area contributed by atoms with Gasteiger partial charge in [-0.25, -0.2) is 0 Å². The van der Waals surface area contributed by atoms with Crippen molar-refractivity contribution in [1.82, 2.24) is 5.32 Å². The maximum Gasteiger partial charge on any atom is 0.122 e. The van der Waals surface area contributed by atoms with E-state index >= 15 is 0 Å². The standard InChI is InChI=1S/C15H23NO/c1-11-8-14(9-11)16-12(2)10-13-6-4-5-7-15(13)17-3/h4-7,11-12,14,16H,8-10H2,1-3H3. The van der Waals surface area contributed by atoms with E-state index in [1.54, 1.807) is 7.11 Å². The lowest BCUT2D eigenvalue weighted by atomic mass is 9.81. The van der Waals surface area contributed by atoms with Crippen LogP contribution in [0.5, 0.6) is 5.75 Å². The van der Waals surface area contributed by atoms with Crippen LogP contribution in [-0.4, -0.2) is 19.2 Å². The van der Waals surface area contributed by atoms with Crippen molar-refractivity contribution in [2.75, 3.05) is 7.11 Å². The molecule has 0 heterocycles. The van der Waals surface area contributed by atoms with E-state index in [-0.39, 0.29) is 0 Å². The molecule has 1 aliphatic rings. The van der Waals surface area contributed by atoms with Crippen LogP contribution in [0, 0.1) is 5.92 Å². The van der Waals surface area contributed by atoms with Crippen molar-refractivity contribution in [3.63, 3.8) is 0 Å². The summed E-state index contributed by atoms with van der Waals surface area (Å²) in [6, 6.07) is 9.54. The number of methoxy groups -OCH3 is 1. The van der Waals surface area contributed by atoms with Crippen molar-refractivity contribution in [3.8, 4) is 5.75 Å². The molecule has 0 saturated heterocycles. The molecule has 0 bridgehead atoms. The van der Waals surface area contributed by atoms with E-state index in [9.17, 15) is 0 Å². The van der Waals surface area contributed by atoms with E-state index in [2.05, 4.69) is 31.3 Å². The van der Waals surface area contributed by atoms with E-state index in [1.165, 1.54) is 18.4 Å². The van der Waals surface area contributed by atoms with Gasteiger partial charge in [-0.05, 0) is 43.7 Å². The van der Waals surface area contributed by atoms with E-state index in [4.69, 9.17) is 4.74 Å². The van der Waals surface area contributed by atoms with Gasteiger partial charge in [0, 0.05) is 12.1 Å². The molecular weight excluding hydrogens is 210 g/mol. The molecule has 94 valence electrons. The second kappa shape index (κ2) is 5.54. The van der Waals surface area contributed by atoms with Crippen molar-refractivity contribution in [3.05, 3.63) is 29.8 Å². The molecule has 2 rings (SSSR count). The van der Waals surface area contributed by atoms with Crippen LogP contribution >= 0.6 is 0 Å². The lowest BCUT2D eigenvalue weighted by molar-refractivity contribution is 0.225. The molecule has 2 nitrogen and oxygen atoms in total. The fourth-order valence-corrected chi connectivity index (χ4v) is 2.70. The molecular formula is C15H23NO. The van der Waals surface area contributed by atoms with Gasteiger partial charge in [0.15, 0.2) is 0 Å². The van der Waals surface area contributed by atoms with Crippen LogP contribution in [0.25, 0.3) is 0 Å². The van der Waals surface area contributed by atoms with Crippen LogP contribution in [0.3, 0.4) is 0 Å². The second-order valence-electron chi connectivity index (χ2n) is 5.36. The maximum atomic E-state index is 5.38. The number of rotatable bonds is 5. The van der Waals surface area contributed by atoms with Crippen LogP contribution in [0.2, 0.25) is 0 Å². The van der Waals surface area contributed by atoms with Gasteiger partial charge in [0.25, 0.3) is 0 Å². The van der Waals surface area contributed by atoms with E-state index in [1.807, 2.05) is 12.1 Å². The minimum absolute atomic E-state index is 0.517. The minimum atomic E-state index is 0.517. The van der Waals surface area contributed by atoms with Crippen LogP contribution in [-0.2, 0) is 6.42 Å². The van der Waals surface area contributed by atoms with Gasteiger partial charge < -0.3 is 10.1 Å².